The van der Waals surface area contributed by atoms with Gasteiger partial charge in [0.25, 0.3) is 0 Å². The summed E-state index contributed by atoms with van der Waals surface area (Å²) in [5.74, 6) is 1.47. The van der Waals surface area contributed by atoms with Crippen LogP contribution in [0.5, 0.6) is 5.88 Å². The Morgan fingerprint density at radius 1 is 1.17 bits per heavy atom. The van der Waals surface area contributed by atoms with E-state index < -0.39 is 11.8 Å². The zero-order chi connectivity index (χ0) is 29.1. The van der Waals surface area contributed by atoms with Crippen molar-refractivity contribution in [1.82, 2.24) is 24.5 Å². The van der Waals surface area contributed by atoms with Crippen LogP contribution >= 0.6 is 11.6 Å². The highest BCUT2D eigenvalue weighted by molar-refractivity contribution is 6.30. The van der Waals surface area contributed by atoms with E-state index in [0.29, 0.717) is 47.0 Å². The van der Waals surface area contributed by atoms with Crippen LogP contribution in [0, 0.1) is 11.7 Å². The van der Waals surface area contributed by atoms with Gasteiger partial charge in [-0.2, -0.15) is 4.98 Å². The molecule has 1 saturated heterocycles. The Morgan fingerprint density at radius 2 is 2.05 bits per heavy atom. The van der Waals surface area contributed by atoms with Gasteiger partial charge in [-0.25, -0.2) is 24.1 Å². The standard InChI is InChI=1S/C31H31ClFN5O4/c1-2-40-31(39)26-10-9-25-30(36-26)38(17-23-12-14-41-23)27(35-25)15-19-3-5-20(6-4-19)29-34-13-11-28(37-29)42-18-21-7-8-22(32)16-24(21)33/h5,7-11,13,16,19,23H,2-4,6,12,14-15,17-18H2,1H3. The average molecular weight is 592 g/mol. The minimum Gasteiger partial charge on any atom is -0.473 e. The van der Waals surface area contributed by atoms with Crippen LogP contribution in [0.15, 0.2) is 48.7 Å². The summed E-state index contributed by atoms with van der Waals surface area (Å²) in [6, 6.07) is 9.67. The van der Waals surface area contributed by atoms with Gasteiger partial charge >= 0.3 is 5.97 Å². The normalized spacial score (nSPS) is 18.4. The van der Waals surface area contributed by atoms with Crippen molar-refractivity contribution in [2.45, 2.75) is 58.3 Å². The number of aromatic nitrogens is 5. The maximum atomic E-state index is 14.1. The predicted molar refractivity (Wildman–Crippen MR) is 155 cm³/mol. The number of hydrogen-bond donors (Lipinski definition) is 0. The van der Waals surface area contributed by atoms with E-state index in [4.69, 9.17) is 30.8 Å². The number of nitrogens with zero attached hydrogens (tertiary/aromatic N) is 5. The highest BCUT2D eigenvalue weighted by atomic mass is 35.5. The zero-order valence-electron chi connectivity index (χ0n) is 23.3. The molecule has 0 bridgehead atoms. The number of allylic oxidation sites excluding steroid dienone is 2. The number of fused-ring (bicyclic) bond motifs is 1. The van der Waals surface area contributed by atoms with Crippen LogP contribution in [0.25, 0.3) is 16.7 Å². The van der Waals surface area contributed by atoms with Gasteiger partial charge in [0.15, 0.2) is 17.2 Å². The van der Waals surface area contributed by atoms with Gasteiger partial charge in [-0.15, -0.1) is 0 Å². The molecule has 1 aromatic carbocycles. The summed E-state index contributed by atoms with van der Waals surface area (Å²) in [6.45, 7) is 3.53. The summed E-state index contributed by atoms with van der Waals surface area (Å²) in [5, 5.41) is 0.340. The van der Waals surface area contributed by atoms with Gasteiger partial charge in [0.1, 0.15) is 23.8 Å². The molecule has 218 valence electrons. The van der Waals surface area contributed by atoms with Crippen LogP contribution in [-0.4, -0.2) is 49.8 Å². The van der Waals surface area contributed by atoms with E-state index in [1.807, 2.05) is 6.07 Å². The molecule has 1 aliphatic carbocycles. The number of carbonyl (C=O) groups excluding carboxylic acids is 1. The molecular weight excluding hydrogens is 561 g/mol. The first-order valence-corrected chi connectivity index (χ1v) is 14.6. The van der Waals surface area contributed by atoms with Crippen molar-refractivity contribution in [3.8, 4) is 5.88 Å². The van der Waals surface area contributed by atoms with Gasteiger partial charge in [-0.3, -0.25) is 0 Å². The van der Waals surface area contributed by atoms with E-state index in [2.05, 4.69) is 25.6 Å². The monoisotopic (exact) mass is 591 g/mol. The lowest BCUT2D eigenvalue weighted by Gasteiger charge is -2.28. The molecule has 2 aliphatic rings. The van der Waals surface area contributed by atoms with E-state index in [-0.39, 0.29) is 18.4 Å². The molecule has 0 amide bonds. The fourth-order valence-electron chi connectivity index (χ4n) is 5.25. The number of halogens is 2. The molecule has 0 saturated carbocycles. The van der Waals surface area contributed by atoms with Crippen LogP contribution in [-0.2, 0) is 29.0 Å². The first kappa shape index (κ1) is 28.2. The average Bonchev–Trinajstić information content (AvgIpc) is 3.31. The molecule has 1 aliphatic heterocycles. The van der Waals surface area contributed by atoms with Gasteiger partial charge in [0.2, 0.25) is 5.88 Å². The summed E-state index contributed by atoms with van der Waals surface area (Å²) in [6.07, 6.45) is 8.34. The van der Waals surface area contributed by atoms with Crippen molar-refractivity contribution in [2.24, 2.45) is 5.92 Å². The fourth-order valence-corrected chi connectivity index (χ4v) is 5.41. The minimum atomic E-state index is -0.438. The number of ether oxygens (including phenoxy) is 3. The third-order valence-electron chi connectivity index (χ3n) is 7.63. The SMILES string of the molecule is CCOC(=O)c1ccc2nc(CC3CC=C(c4nccc(OCc5ccc(Cl)cc5F)n4)CC3)n(CC3CCO3)c2n1. The Morgan fingerprint density at radius 3 is 2.79 bits per heavy atom. The Hall–Kier alpha value is -3.89. The number of imidazole rings is 1. The van der Waals surface area contributed by atoms with Crippen molar-refractivity contribution >= 4 is 34.3 Å². The van der Waals surface area contributed by atoms with E-state index in [1.165, 1.54) is 6.07 Å². The summed E-state index contributed by atoms with van der Waals surface area (Å²) < 4.78 is 32.8. The molecule has 1 fully saturated rings. The highest BCUT2D eigenvalue weighted by Gasteiger charge is 2.26. The quantitative estimate of drug-likeness (QED) is 0.207. The second kappa shape index (κ2) is 12.5. The van der Waals surface area contributed by atoms with Crippen molar-refractivity contribution in [3.63, 3.8) is 0 Å². The Labute approximate surface area is 247 Å². The molecule has 0 N–H and O–H groups in total. The molecular formula is C31H31ClFN5O4. The summed E-state index contributed by atoms with van der Waals surface area (Å²) in [4.78, 5) is 30.9. The van der Waals surface area contributed by atoms with Crippen molar-refractivity contribution in [2.75, 3.05) is 13.2 Å². The Bertz CT molecular complexity index is 1640. The second-order valence-electron chi connectivity index (χ2n) is 10.5. The summed E-state index contributed by atoms with van der Waals surface area (Å²) >= 11 is 5.84. The molecule has 0 radical (unpaired) electrons. The number of benzene rings is 1. The largest absolute Gasteiger partial charge is 0.473 e. The smallest absolute Gasteiger partial charge is 0.357 e. The third kappa shape index (κ3) is 6.29. The van der Waals surface area contributed by atoms with Crippen molar-refractivity contribution in [1.29, 1.82) is 0 Å². The molecule has 0 spiro atoms. The Kier molecular flexibility index (Phi) is 8.43. The van der Waals surface area contributed by atoms with Gasteiger partial charge < -0.3 is 18.8 Å². The molecule has 9 nitrogen and oxygen atoms in total. The first-order chi connectivity index (χ1) is 20.5. The molecule has 4 aromatic rings. The Balaban J connectivity index is 1.15. The maximum absolute atomic E-state index is 14.1. The third-order valence-corrected chi connectivity index (χ3v) is 7.87. The molecule has 2 atom stereocenters. The fraction of sp³-hybridized carbons (Fsp3) is 0.387. The molecule has 3 aromatic heterocycles. The number of esters is 1. The maximum Gasteiger partial charge on any atom is 0.357 e. The van der Waals surface area contributed by atoms with Gasteiger partial charge in [0.05, 0.1) is 19.3 Å². The van der Waals surface area contributed by atoms with Crippen molar-refractivity contribution in [3.05, 3.63) is 82.4 Å². The molecule has 42 heavy (non-hydrogen) atoms. The molecule has 4 heterocycles. The van der Waals surface area contributed by atoms with Gasteiger partial charge in [-0.1, -0.05) is 23.7 Å². The predicted octanol–water partition coefficient (Wildman–Crippen LogP) is 5.98. The highest BCUT2D eigenvalue weighted by Crippen LogP contribution is 2.32. The van der Waals surface area contributed by atoms with Crippen LogP contribution in [0.1, 0.15) is 60.3 Å². The molecule has 2 unspecified atom stereocenters. The van der Waals surface area contributed by atoms with Gasteiger partial charge in [-0.05, 0) is 68.4 Å². The number of carbonyl (C=O) groups is 1. The van der Waals surface area contributed by atoms with Crippen LogP contribution in [0.3, 0.4) is 0 Å². The van der Waals surface area contributed by atoms with Crippen molar-refractivity contribution < 1.29 is 23.4 Å². The number of rotatable bonds is 10. The van der Waals surface area contributed by atoms with E-state index in [9.17, 15) is 9.18 Å². The lowest BCUT2D eigenvalue weighted by molar-refractivity contribution is -0.0591. The molecule has 6 rings (SSSR count). The van der Waals surface area contributed by atoms with Crippen LogP contribution < -0.4 is 4.74 Å². The van der Waals surface area contributed by atoms with E-state index >= 15 is 0 Å². The first-order valence-electron chi connectivity index (χ1n) is 14.2. The summed E-state index contributed by atoms with van der Waals surface area (Å²) in [5.41, 5.74) is 3.18. The number of pyridine rings is 1. The van der Waals surface area contributed by atoms with E-state index in [0.717, 1.165) is 55.6 Å². The second-order valence-corrected chi connectivity index (χ2v) is 10.9. The topological polar surface area (TPSA) is 101 Å². The minimum absolute atomic E-state index is 0.0453. The van der Waals surface area contributed by atoms with Crippen LogP contribution in [0.4, 0.5) is 4.39 Å². The lowest BCUT2D eigenvalue weighted by atomic mass is 9.87. The summed E-state index contributed by atoms with van der Waals surface area (Å²) in [7, 11) is 0. The van der Waals surface area contributed by atoms with E-state index in [1.54, 1.807) is 37.4 Å². The van der Waals surface area contributed by atoms with Gasteiger partial charge in [0, 0.05) is 35.9 Å². The number of hydrogen-bond acceptors (Lipinski definition) is 8. The molecule has 11 heteroatoms. The van der Waals surface area contributed by atoms with Crippen LogP contribution in [0.2, 0.25) is 5.02 Å². The lowest BCUT2D eigenvalue weighted by Crippen LogP contribution is -2.32. The zero-order valence-corrected chi connectivity index (χ0v) is 24.0.